The molecule has 5 nitrogen and oxygen atoms in total. The van der Waals surface area contributed by atoms with Gasteiger partial charge in [-0.3, -0.25) is 9.69 Å². The molecule has 1 amide bonds. The van der Waals surface area contributed by atoms with E-state index in [1.807, 2.05) is 27.7 Å². The van der Waals surface area contributed by atoms with Crippen LogP contribution in [0.25, 0.3) is 0 Å². The van der Waals surface area contributed by atoms with E-state index < -0.39 is 0 Å². The highest BCUT2D eigenvalue weighted by atomic mass is 16.5. The molecule has 0 aliphatic carbocycles. The normalized spacial score (nSPS) is 14.8. The summed E-state index contributed by atoms with van der Waals surface area (Å²) in [5, 5.41) is 5.84. The number of amides is 1. The van der Waals surface area contributed by atoms with Gasteiger partial charge in [0.05, 0.1) is 13.2 Å². The van der Waals surface area contributed by atoms with E-state index in [1.54, 1.807) is 7.05 Å². The molecular weight excluding hydrogens is 254 g/mol. The zero-order valence-corrected chi connectivity index (χ0v) is 14.3. The second-order valence-corrected chi connectivity index (χ2v) is 4.58. The Bertz CT molecular complexity index is 205. The Morgan fingerprint density at radius 1 is 1.25 bits per heavy atom. The summed E-state index contributed by atoms with van der Waals surface area (Å²) >= 11 is 0. The van der Waals surface area contributed by atoms with Gasteiger partial charge in [-0.05, 0) is 6.54 Å². The second-order valence-electron chi connectivity index (χ2n) is 4.58. The van der Waals surface area contributed by atoms with E-state index in [4.69, 9.17) is 4.74 Å². The molecule has 0 unspecified atom stereocenters. The summed E-state index contributed by atoms with van der Waals surface area (Å²) < 4.78 is 5.24. The monoisotopic (exact) mass is 289 g/mol. The lowest BCUT2D eigenvalue weighted by Gasteiger charge is -2.26. The summed E-state index contributed by atoms with van der Waals surface area (Å²) in [6, 6.07) is 0. The van der Waals surface area contributed by atoms with Gasteiger partial charge in [0.25, 0.3) is 0 Å². The Morgan fingerprint density at radius 3 is 2.15 bits per heavy atom. The number of hydrogen-bond donors (Lipinski definition) is 2. The van der Waals surface area contributed by atoms with Crippen molar-refractivity contribution in [3.8, 4) is 0 Å². The maximum atomic E-state index is 10.4. The van der Waals surface area contributed by atoms with Crippen LogP contribution >= 0.6 is 0 Å². The van der Waals surface area contributed by atoms with Crippen molar-refractivity contribution >= 4 is 5.91 Å². The van der Waals surface area contributed by atoms with Gasteiger partial charge in [-0.2, -0.15) is 0 Å². The lowest BCUT2D eigenvalue weighted by atomic mass is 10.2. The zero-order chi connectivity index (χ0) is 15.8. The lowest BCUT2D eigenvalue weighted by Crippen LogP contribution is -2.40. The van der Waals surface area contributed by atoms with Crippen molar-refractivity contribution < 1.29 is 9.53 Å². The van der Waals surface area contributed by atoms with Gasteiger partial charge >= 0.3 is 0 Å². The Hall–Kier alpha value is -0.650. The maximum absolute atomic E-state index is 10.4. The summed E-state index contributed by atoms with van der Waals surface area (Å²) in [6.07, 6.45) is 0. The van der Waals surface area contributed by atoms with E-state index in [2.05, 4.69) is 22.5 Å². The van der Waals surface area contributed by atoms with Crippen LogP contribution in [0.2, 0.25) is 0 Å². The van der Waals surface area contributed by atoms with Crippen LogP contribution in [0.5, 0.6) is 0 Å². The van der Waals surface area contributed by atoms with E-state index in [1.165, 1.54) is 0 Å². The zero-order valence-electron chi connectivity index (χ0n) is 14.3. The van der Waals surface area contributed by atoms with Crippen LogP contribution in [0.15, 0.2) is 0 Å². The predicted octanol–water partition coefficient (Wildman–Crippen LogP) is 1.34. The standard InChI is InChI=1S/C8H18N2O.C5H11NO.C2H6/c1-2-9-3-4-10-5-7-11-8-6-10;1-4(2)5(7)6-3;1-2/h9H,2-8H2,1H3;4H,1-3H3,(H,6,7);1-2H3. The first-order chi connectivity index (χ1) is 9.61. The molecular formula is C15H35N3O2. The molecule has 0 atom stereocenters. The Labute approximate surface area is 125 Å². The van der Waals surface area contributed by atoms with Gasteiger partial charge in [-0.15, -0.1) is 0 Å². The third-order valence-electron chi connectivity index (χ3n) is 2.73. The average Bonchev–Trinajstić information content (AvgIpc) is 2.50. The van der Waals surface area contributed by atoms with Crippen LogP contribution in [0.4, 0.5) is 0 Å². The van der Waals surface area contributed by atoms with Crippen LogP contribution in [-0.4, -0.2) is 63.8 Å². The minimum atomic E-state index is 0.0972. The molecule has 1 heterocycles. The molecule has 1 saturated heterocycles. The molecule has 0 aromatic heterocycles. The topological polar surface area (TPSA) is 53.6 Å². The first kappa shape index (κ1) is 21.6. The van der Waals surface area contributed by atoms with Crippen molar-refractivity contribution in [1.82, 2.24) is 15.5 Å². The number of carbonyl (C=O) groups excluding carboxylic acids is 1. The van der Waals surface area contributed by atoms with E-state index in [0.29, 0.717) is 0 Å². The van der Waals surface area contributed by atoms with Crippen LogP contribution in [0, 0.1) is 5.92 Å². The van der Waals surface area contributed by atoms with E-state index in [-0.39, 0.29) is 11.8 Å². The van der Waals surface area contributed by atoms with Gasteiger partial charge in [0.1, 0.15) is 0 Å². The molecule has 0 aromatic rings. The molecule has 122 valence electrons. The first-order valence-corrected chi connectivity index (χ1v) is 7.84. The van der Waals surface area contributed by atoms with Gasteiger partial charge in [0, 0.05) is 39.1 Å². The molecule has 1 rings (SSSR count). The number of carbonyl (C=O) groups is 1. The molecule has 2 N–H and O–H groups in total. The Morgan fingerprint density at radius 2 is 1.80 bits per heavy atom. The second kappa shape index (κ2) is 16.4. The smallest absolute Gasteiger partial charge is 0.222 e. The maximum Gasteiger partial charge on any atom is 0.222 e. The molecule has 0 bridgehead atoms. The van der Waals surface area contributed by atoms with Crippen molar-refractivity contribution in [2.45, 2.75) is 34.6 Å². The first-order valence-electron chi connectivity index (χ1n) is 7.84. The van der Waals surface area contributed by atoms with Gasteiger partial charge in [0.2, 0.25) is 5.91 Å². The molecule has 20 heavy (non-hydrogen) atoms. The lowest BCUT2D eigenvalue weighted by molar-refractivity contribution is -0.123. The average molecular weight is 289 g/mol. The fourth-order valence-electron chi connectivity index (χ4n) is 1.53. The van der Waals surface area contributed by atoms with Crippen LogP contribution in [0.3, 0.4) is 0 Å². The quantitative estimate of drug-likeness (QED) is 0.750. The fraction of sp³-hybridized carbons (Fsp3) is 0.933. The highest BCUT2D eigenvalue weighted by Crippen LogP contribution is 1.94. The summed E-state index contributed by atoms with van der Waals surface area (Å²) in [6.45, 7) is 17.2. The number of rotatable bonds is 5. The number of morpholine rings is 1. The Kier molecular flexibility index (Phi) is 17.8. The highest BCUT2D eigenvalue weighted by Gasteiger charge is 2.08. The van der Waals surface area contributed by atoms with Gasteiger partial charge in [-0.25, -0.2) is 0 Å². The Balaban J connectivity index is 0. The van der Waals surface area contributed by atoms with Gasteiger partial charge in [-0.1, -0.05) is 34.6 Å². The molecule has 1 aliphatic heterocycles. The van der Waals surface area contributed by atoms with E-state index in [9.17, 15) is 4.79 Å². The van der Waals surface area contributed by atoms with Crippen molar-refractivity contribution in [2.75, 3.05) is 53.0 Å². The SMILES string of the molecule is CC.CCNCCN1CCOCC1.CNC(=O)C(C)C. The van der Waals surface area contributed by atoms with Crippen LogP contribution in [0.1, 0.15) is 34.6 Å². The number of nitrogens with one attached hydrogen (secondary N) is 2. The summed E-state index contributed by atoms with van der Waals surface area (Å²) in [5.41, 5.74) is 0. The van der Waals surface area contributed by atoms with Crippen molar-refractivity contribution in [3.05, 3.63) is 0 Å². The third-order valence-corrected chi connectivity index (χ3v) is 2.73. The summed E-state index contributed by atoms with van der Waals surface area (Å²) in [4.78, 5) is 12.8. The van der Waals surface area contributed by atoms with Crippen LogP contribution in [-0.2, 0) is 9.53 Å². The number of hydrogen-bond acceptors (Lipinski definition) is 4. The third kappa shape index (κ3) is 13.8. The molecule has 5 heteroatoms. The fourth-order valence-corrected chi connectivity index (χ4v) is 1.53. The van der Waals surface area contributed by atoms with Crippen molar-refractivity contribution in [1.29, 1.82) is 0 Å². The number of ether oxygens (including phenoxy) is 1. The van der Waals surface area contributed by atoms with E-state index >= 15 is 0 Å². The predicted molar refractivity (Wildman–Crippen MR) is 86.1 cm³/mol. The molecule has 1 aliphatic rings. The molecule has 1 fully saturated rings. The summed E-state index contributed by atoms with van der Waals surface area (Å²) in [5.74, 6) is 0.213. The minimum Gasteiger partial charge on any atom is -0.379 e. The van der Waals surface area contributed by atoms with E-state index in [0.717, 1.165) is 45.9 Å². The van der Waals surface area contributed by atoms with Crippen LogP contribution < -0.4 is 10.6 Å². The molecule has 0 radical (unpaired) electrons. The number of likely N-dealkylation sites (N-methyl/N-ethyl adjacent to an activating group) is 1. The number of nitrogens with zero attached hydrogens (tertiary/aromatic N) is 1. The van der Waals surface area contributed by atoms with Crippen molar-refractivity contribution in [2.24, 2.45) is 5.92 Å². The minimum absolute atomic E-state index is 0.0972. The summed E-state index contributed by atoms with van der Waals surface area (Å²) in [7, 11) is 1.64. The highest BCUT2D eigenvalue weighted by molar-refractivity contribution is 5.77. The van der Waals surface area contributed by atoms with Gasteiger partial charge in [0.15, 0.2) is 0 Å². The largest absolute Gasteiger partial charge is 0.379 e. The van der Waals surface area contributed by atoms with Gasteiger partial charge < -0.3 is 15.4 Å². The molecule has 0 saturated carbocycles. The van der Waals surface area contributed by atoms with Crippen molar-refractivity contribution in [3.63, 3.8) is 0 Å². The molecule has 0 spiro atoms. The molecule has 0 aromatic carbocycles.